The van der Waals surface area contributed by atoms with Gasteiger partial charge < -0.3 is 5.32 Å². The lowest BCUT2D eigenvalue weighted by Crippen LogP contribution is -2.66. The second kappa shape index (κ2) is 4.98. The first-order valence-electron chi connectivity index (χ1n) is 6.85. The van der Waals surface area contributed by atoms with Gasteiger partial charge in [-0.25, -0.2) is 0 Å². The lowest BCUT2D eigenvalue weighted by Gasteiger charge is -2.50. The molecule has 1 unspecified atom stereocenters. The van der Waals surface area contributed by atoms with Crippen LogP contribution in [0.3, 0.4) is 0 Å². The molecule has 0 amide bonds. The lowest BCUT2D eigenvalue weighted by molar-refractivity contribution is 0.0236. The first kappa shape index (κ1) is 13.5. The summed E-state index contributed by atoms with van der Waals surface area (Å²) in [5.41, 5.74) is 1.57. The zero-order chi connectivity index (χ0) is 13.2. The Labute approximate surface area is 111 Å². The van der Waals surface area contributed by atoms with Gasteiger partial charge in [-0.3, -0.25) is 9.88 Å². The van der Waals surface area contributed by atoms with Gasteiger partial charge in [0.25, 0.3) is 0 Å². The number of hydrogen-bond acceptors (Lipinski definition) is 3. The van der Waals surface area contributed by atoms with E-state index in [4.69, 9.17) is 0 Å². The van der Waals surface area contributed by atoms with Gasteiger partial charge in [-0.2, -0.15) is 0 Å². The van der Waals surface area contributed by atoms with Crippen LogP contribution in [0.15, 0.2) is 24.4 Å². The van der Waals surface area contributed by atoms with E-state index in [9.17, 15) is 0 Å². The van der Waals surface area contributed by atoms with Crippen LogP contribution in [0.4, 0.5) is 0 Å². The Hall–Kier alpha value is -0.930. The van der Waals surface area contributed by atoms with Crippen molar-refractivity contribution in [3.8, 4) is 0 Å². The van der Waals surface area contributed by atoms with Crippen LogP contribution >= 0.6 is 0 Å². The van der Waals surface area contributed by atoms with E-state index < -0.39 is 0 Å². The molecule has 1 aliphatic heterocycles. The van der Waals surface area contributed by atoms with Crippen LogP contribution in [0, 0.1) is 0 Å². The number of nitrogens with one attached hydrogen (secondary N) is 1. The molecule has 1 atom stereocenters. The molecule has 3 nitrogen and oxygen atoms in total. The summed E-state index contributed by atoms with van der Waals surface area (Å²) < 4.78 is 0. The summed E-state index contributed by atoms with van der Waals surface area (Å²) in [5.74, 6) is 0. The summed E-state index contributed by atoms with van der Waals surface area (Å²) in [5, 5.41) is 3.69. The topological polar surface area (TPSA) is 28.2 Å². The third-order valence-electron chi connectivity index (χ3n) is 4.20. The lowest BCUT2D eigenvalue weighted by atomic mass is 9.88. The van der Waals surface area contributed by atoms with Gasteiger partial charge in [-0.1, -0.05) is 13.0 Å². The van der Waals surface area contributed by atoms with Gasteiger partial charge >= 0.3 is 0 Å². The molecule has 0 bridgehead atoms. The van der Waals surface area contributed by atoms with Gasteiger partial charge in [-0.15, -0.1) is 0 Å². The van der Waals surface area contributed by atoms with E-state index in [2.05, 4.69) is 55.0 Å². The fraction of sp³-hybridized carbons (Fsp3) is 0.667. The van der Waals surface area contributed by atoms with E-state index in [0.29, 0.717) is 0 Å². The molecule has 1 fully saturated rings. The molecule has 3 heteroatoms. The predicted molar refractivity (Wildman–Crippen MR) is 75.4 cm³/mol. The Morgan fingerprint density at radius 3 is 2.72 bits per heavy atom. The van der Waals surface area contributed by atoms with Crippen LogP contribution in [0.25, 0.3) is 0 Å². The Balaban J connectivity index is 2.13. The molecular formula is C15H25N3. The van der Waals surface area contributed by atoms with Crippen molar-refractivity contribution in [1.82, 2.24) is 15.2 Å². The number of aromatic nitrogens is 1. The van der Waals surface area contributed by atoms with E-state index in [1.165, 1.54) is 0 Å². The summed E-state index contributed by atoms with van der Waals surface area (Å²) >= 11 is 0. The highest BCUT2D eigenvalue weighted by Crippen LogP contribution is 2.26. The number of nitrogens with zero attached hydrogens (tertiary/aromatic N) is 2. The highest BCUT2D eigenvalue weighted by Gasteiger charge is 2.38. The zero-order valence-electron chi connectivity index (χ0n) is 12.0. The molecule has 2 heterocycles. The van der Waals surface area contributed by atoms with Crippen molar-refractivity contribution >= 4 is 0 Å². The van der Waals surface area contributed by atoms with Crippen molar-refractivity contribution in [2.24, 2.45) is 0 Å². The summed E-state index contributed by atoms with van der Waals surface area (Å²) in [4.78, 5) is 7.00. The second-order valence-corrected chi connectivity index (χ2v) is 6.26. The molecule has 0 aromatic carbocycles. The monoisotopic (exact) mass is 247 g/mol. The minimum absolute atomic E-state index is 0.187. The third-order valence-corrected chi connectivity index (χ3v) is 4.20. The van der Waals surface area contributed by atoms with Gasteiger partial charge in [0.05, 0.1) is 5.69 Å². The van der Waals surface area contributed by atoms with E-state index in [1.807, 2.05) is 12.3 Å². The molecule has 0 aliphatic carbocycles. The number of piperazine rings is 1. The summed E-state index contributed by atoms with van der Waals surface area (Å²) in [6.45, 7) is 12.2. The highest BCUT2D eigenvalue weighted by atomic mass is 15.3. The molecule has 0 saturated carbocycles. The Bertz CT molecular complexity index is 388. The number of hydrogen-bond donors (Lipinski definition) is 1. The molecular weight excluding hydrogens is 222 g/mol. The van der Waals surface area contributed by atoms with E-state index in [1.54, 1.807) is 0 Å². The Kier molecular flexibility index (Phi) is 3.74. The first-order valence-corrected chi connectivity index (χ1v) is 6.85. The maximum atomic E-state index is 4.45. The summed E-state index contributed by atoms with van der Waals surface area (Å²) in [6, 6.07) is 6.15. The van der Waals surface area contributed by atoms with Crippen LogP contribution in [-0.4, -0.2) is 34.1 Å². The molecule has 100 valence electrons. The van der Waals surface area contributed by atoms with E-state index in [-0.39, 0.29) is 11.1 Å². The zero-order valence-corrected chi connectivity index (χ0v) is 12.0. The average Bonchev–Trinajstić information content (AvgIpc) is 2.36. The van der Waals surface area contributed by atoms with Crippen molar-refractivity contribution in [3.63, 3.8) is 0 Å². The van der Waals surface area contributed by atoms with Gasteiger partial charge in [0, 0.05) is 36.9 Å². The SMILES string of the molecule is CCC1(C)CN(Cc2ccccn2)C(C)(C)CN1. The molecule has 1 aliphatic rings. The van der Waals surface area contributed by atoms with Crippen LogP contribution in [0.2, 0.25) is 0 Å². The van der Waals surface area contributed by atoms with Gasteiger partial charge in [0.2, 0.25) is 0 Å². The summed E-state index contributed by atoms with van der Waals surface area (Å²) in [7, 11) is 0. The van der Waals surface area contributed by atoms with Gasteiger partial charge in [-0.05, 0) is 39.3 Å². The first-order chi connectivity index (χ1) is 8.45. The Morgan fingerprint density at radius 2 is 2.11 bits per heavy atom. The number of rotatable bonds is 3. The molecule has 1 N–H and O–H groups in total. The fourth-order valence-electron chi connectivity index (χ4n) is 2.43. The van der Waals surface area contributed by atoms with E-state index in [0.717, 1.165) is 31.7 Å². The van der Waals surface area contributed by atoms with Crippen molar-refractivity contribution < 1.29 is 0 Å². The maximum Gasteiger partial charge on any atom is 0.0544 e. The Morgan fingerprint density at radius 1 is 1.33 bits per heavy atom. The molecule has 0 radical (unpaired) electrons. The molecule has 1 aromatic rings. The van der Waals surface area contributed by atoms with Crippen LogP contribution in [-0.2, 0) is 6.54 Å². The largest absolute Gasteiger partial charge is 0.308 e. The smallest absolute Gasteiger partial charge is 0.0544 e. The average molecular weight is 247 g/mol. The fourth-order valence-corrected chi connectivity index (χ4v) is 2.43. The quantitative estimate of drug-likeness (QED) is 0.889. The molecule has 18 heavy (non-hydrogen) atoms. The highest BCUT2D eigenvalue weighted by molar-refractivity contribution is 5.07. The molecule has 1 aromatic heterocycles. The minimum atomic E-state index is 0.187. The minimum Gasteiger partial charge on any atom is -0.308 e. The molecule has 1 saturated heterocycles. The van der Waals surface area contributed by atoms with Crippen LogP contribution in [0.1, 0.15) is 39.8 Å². The standard InChI is InChI=1S/C15H25N3/c1-5-15(4)12-18(14(2,3)11-17-15)10-13-8-6-7-9-16-13/h6-9,17H,5,10-12H2,1-4H3. The van der Waals surface area contributed by atoms with Crippen LogP contribution in [0.5, 0.6) is 0 Å². The normalized spacial score (nSPS) is 28.2. The van der Waals surface area contributed by atoms with Crippen molar-refractivity contribution in [1.29, 1.82) is 0 Å². The number of pyridine rings is 1. The van der Waals surface area contributed by atoms with Gasteiger partial charge in [0.15, 0.2) is 0 Å². The molecule has 2 rings (SSSR count). The second-order valence-electron chi connectivity index (χ2n) is 6.26. The third kappa shape index (κ3) is 2.90. The van der Waals surface area contributed by atoms with Crippen LogP contribution < -0.4 is 5.32 Å². The predicted octanol–water partition coefficient (Wildman–Crippen LogP) is 2.43. The maximum absolute atomic E-state index is 4.45. The van der Waals surface area contributed by atoms with Crippen molar-refractivity contribution in [2.75, 3.05) is 13.1 Å². The van der Waals surface area contributed by atoms with Gasteiger partial charge in [0.1, 0.15) is 0 Å². The molecule has 0 spiro atoms. The van der Waals surface area contributed by atoms with Crippen molar-refractivity contribution in [2.45, 2.75) is 51.7 Å². The van der Waals surface area contributed by atoms with E-state index >= 15 is 0 Å². The van der Waals surface area contributed by atoms with Crippen molar-refractivity contribution in [3.05, 3.63) is 30.1 Å². The summed E-state index contributed by atoms with van der Waals surface area (Å²) in [6.07, 6.45) is 3.03.